The van der Waals surface area contributed by atoms with Gasteiger partial charge in [-0.1, -0.05) is 13.8 Å². The van der Waals surface area contributed by atoms with Gasteiger partial charge >= 0.3 is 5.97 Å². The summed E-state index contributed by atoms with van der Waals surface area (Å²) in [6, 6.07) is 0.474. The summed E-state index contributed by atoms with van der Waals surface area (Å²) in [7, 11) is 0. The molecule has 0 bridgehead atoms. The largest absolute Gasteiger partial charge is 0.480 e. The van der Waals surface area contributed by atoms with Gasteiger partial charge in [-0.15, -0.1) is 0 Å². The lowest BCUT2D eigenvalue weighted by atomic mass is 9.69. The average molecular weight is 211 g/mol. The van der Waals surface area contributed by atoms with Crippen LogP contribution in [0.3, 0.4) is 0 Å². The molecule has 2 aliphatic carbocycles. The van der Waals surface area contributed by atoms with Gasteiger partial charge in [-0.05, 0) is 43.9 Å². The third kappa shape index (κ3) is 2.33. The van der Waals surface area contributed by atoms with E-state index in [-0.39, 0.29) is 0 Å². The molecule has 15 heavy (non-hydrogen) atoms. The van der Waals surface area contributed by atoms with Gasteiger partial charge in [0.05, 0.1) is 0 Å². The predicted molar refractivity (Wildman–Crippen MR) is 58.8 cm³/mol. The highest BCUT2D eigenvalue weighted by atomic mass is 16.4. The SMILES string of the molecule is CC1(C)CCC(NC2CC2)(C(=O)O)CC1. The number of aliphatic carboxylic acids is 1. The Bertz CT molecular complexity index is 259. The zero-order valence-electron chi connectivity index (χ0n) is 9.68. The van der Waals surface area contributed by atoms with E-state index < -0.39 is 11.5 Å². The van der Waals surface area contributed by atoms with Crippen molar-refractivity contribution in [3.05, 3.63) is 0 Å². The van der Waals surface area contributed by atoms with Crippen LogP contribution in [0, 0.1) is 5.41 Å². The van der Waals surface area contributed by atoms with E-state index in [1.54, 1.807) is 0 Å². The number of nitrogens with one attached hydrogen (secondary N) is 1. The first-order chi connectivity index (χ1) is 6.94. The highest BCUT2D eigenvalue weighted by molar-refractivity contribution is 5.79. The molecule has 3 nitrogen and oxygen atoms in total. The minimum absolute atomic E-state index is 0.324. The summed E-state index contributed by atoms with van der Waals surface area (Å²) in [4.78, 5) is 11.4. The minimum atomic E-state index is -0.648. The lowest BCUT2D eigenvalue weighted by Crippen LogP contribution is -2.55. The molecule has 2 N–H and O–H groups in total. The third-order valence-electron chi connectivity index (χ3n) is 3.92. The van der Waals surface area contributed by atoms with Crippen LogP contribution in [0.2, 0.25) is 0 Å². The van der Waals surface area contributed by atoms with Gasteiger partial charge < -0.3 is 5.11 Å². The van der Waals surface area contributed by atoms with E-state index in [0.717, 1.165) is 38.5 Å². The van der Waals surface area contributed by atoms with E-state index in [1.165, 1.54) is 0 Å². The summed E-state index contributed by atoms with van der Waals surface area (Å²) in [6.07, 6.45) is 5.90. The Morgan fingerprint density at radius 3 is 2.13 bits per heavy atom. The van der Waals surface area contributed by atoms with Crippen LogP contribution in [0.4, 0.5) is 0 Å². The predicted octanol–water partition coefficient (Wildman–Crippen LogP) is 2.16. The molecule has 2 rings (SSSR count). The van der Waals surface area contributed by atoms with Gasteiger partial charge in [0.15, 0.2) is 0 Å². The fourth-order valence-corrected chi connectivity index (χ4v) is 2.39. The highest BCUT2D eigenvalue weighted by Crippen LogP contribution is 2.41. The Balaban J connectivity index is 2.04. The zero-order chi connectivity index (χ0) is 11.1. The van der Waals surface area contributed by atoms with Crippen molar-refractivity contribution in [3.63, 3.8) is 0 Å². The molecule has 2 saturated carbocycles. The number of carboxylic acids is 1. The Labute approximate surface area is 91.2 Å². The van der Waals surface area contributed by atoms with Gasteiger partial charge in [0.2, 0.25) is 0 Å². The van der Waals surface area contributed by atoms with Crippen molar-refractivity contribution in [2.24, 2.45) is 5.41 Å². The molecule has 0 aliphatic heterocycles. The van der Waals surface area contributed by atoms with Gasteiger partial charge in [0.25, 0.3) is 0 Å². The first kappa shape index (κ1) is 10.9. The maximum Gasteiger partial charge on any atom is 0.323 e. The first-order valence-electron chi connectivity index (χ1n) is 5.95. The molecule has 0 atom stereocenters. The standard InChI is InChI=1S/C12H21NO2/c1-11(2)5-7-12(8-6-11,10(14)15)13-9-3-4-9/h9,13H,3-8H2,1-2H3,(H,14,15). The molecule has 0 spiro atoms. The second kappa shape index (κ2) is 3.48. The van der Waals surface area contributed by atoms with E-state index in [4.69, 9.17) is 0 Å². The molecule has 2 aliphatic rings. The first-order valence-corrected chi connectivity index (χ1v) is 5.95. The smallest absolute Gasteiger partial charge is 0.323 e. The summed E-state index contributed by atoms with van der Waals surface area (Å²) >= 11 is 0. The molecule has 0 heterocycles. The van der Waals surface area contributed by atoms with Crippen molar-refractivity contribution >= 4 is 5.97 Å². The van der Waals surface area contributed by atoms with Crippen LogP contribution in [-0.2, 0) is 4.79 Å². The Hall–Kier alpha value is -0.570. The second-order valence-electron chi connectivity index (χ2n) is 5.97. The topological polar surface area (TPSA) is 49.3 Å². The van der Waals surface area contributed by atoms with Crippen molar-refractivity contribution in [1.29, 1.82) is 0 Å². The molecule has 0 aromatic rings. The molecule has 3 heteroatoms. The number of hydrogen-bond donors (Lipinski definition) is 2. The molecular weight excluding hydrogens is 190 g/mol. The van der Waals surface area contributed by atoms with Crippen LogP contribution in [-0.4, -0.2) is 22.7 Å². The number of rotatable bonds is 3. The molecule has 86 valence electrons. The average Bonchev–Trinajstić information content (AvgIpc) is 2.92. The Morgan fingerprint density at radius 1 is 1.20 bits per heavy atom. The van der Waals surface area contributed by atoms with Gasteiger partial charge in [-0.3, -0.25) is 10.1 Å². The van der Waals surface area contributed by atoms with Crippen LogP contribution < -0.4 is 5.32 Å². The lowest BCUT2D eigenvalue weighted by molar-refractivity contribution is -0.147. The van der Waals surface area contributed by atoms with Crippen LogP contribution in [0.5, 0.6) is 0 Å². The van der Waals surface area contributed by atoms with E-state index in [0.29, 0.717) is 11.5 Å². The number of carboxylic acid groups (broad SMARTS) is 1. The van der Waals surface area contributed by atoms with E-state index in [1.807, 2.05) is 0 Å². The fraction of sp³-hybridized carbons (Fsp3) is 0.917. The Morgan fingerprint density at radius 2 is 1.73 bits per heavy atom. The summed E-state index contributed by atoms with van der Waals surface area (Å²) in [5.74, 6) is -0.648. The third-order valence-corrected chi connectivity index (χ3v) is 3.92. The molecule has 0 unspecified atom stereocenters. The van der Waals surface area contributed by atoms with Crippen molar-refractivity contribution < 1.29 is 9.90 Å². The highest BCUT2D eigenvalue weighted by Gasteiger charge is 2.46. The maximum absolute atomic E-state index is 11.4. The van der Waals surface area contributed by atoms with E-state index >= 15 is 0 Å². The zero-order valence-corrected chi connectivity index (χ0v) is 9.68. The molecule has 0 amide bonds. The van der Waals surface area contributed by atoms with E-state index in [9.17, 15) is 9.90 Å². The molecule has 0 saturated heterocycles. The van der Waals surface area contributed by atoms with Crippen molar-refractivity contribution in [2.45, 2.75) is 64.0 Å². The summed E-state index contributed by atoms with van der Waals surface area (Å²) in [6.45, 7) is 4.46. The summed E-state index contributed by atoms with van der Waals surface area (Å²) in [5.41, 5.74) is -0.291. The lowest BCUT2D eigenvalue weighted by Gasteiger charge is -2.41. The van der Waals surface area contributed by atoms with Crippen LogP contribution in [0.15, 0.2) is 0 Å². The maximum atomic E-state index is 11.4. The molecular formula is C12H21NO2. The van der Waals surface area contributed by atoms with Gasteiger partial charge in [-0.2, -0.15) is 0 Å². The molecule has 0 aromatic carbocycles. The summed E-state index contributed by atoms with van der Waals surface area (Å²) in [5, 5.41) is 12.7. The van der Waals surface area contributed by atoms with Crippen molar-refractivity contribution in [2.75, 3.05) is 0 Å². The minimum Gasteiger partial charge on any atom is -0.480 e. The monoisotopic (exact) mass is 211 g/mol. The quantitative estimate of drug-likeness (QED) is 0.752. The van der Waals surface area contributed by atoms with Crippen LogP contribution >= 0.6 is 0 Å². The number of carbonyl (C=O) groups is 1. The van der Waals surface area contributed by atoms with Gasteiger partial charge in [0.1, 0.15) is 5.54 Å². The van der Waals surface area contributed by atoms with Gasteiger partial charge in [0, 0.05) is 6.04 Å². The van der Waals surface area contributed by atoms with Crippen molar-refractivity contribution in [3.8, 4) is 0 Å². The second-order valence-corrected chi connectivity index (χ2v) is 5.97. The van der Waals surface area contributed by atoms with Crippen LogP contribution in [0.1, 0.15) is 52.4 Å². The number of hydrogen-bond acceptors (Lipinski definition) is 2. The molecule has 0 aromatic heterocycles. The fourth-order valence-electron chi connectivity index (χ4n) is 2.39. The van der Waals surface area contributed by atoms with Crippen LogP contribution in [0.25, 0.3) is 0 Å². The Kier molecular flexibility index (Phi) is 2.53. The molecule has 2 fully saturated rings. The molecule has 0 radical (unpaired) electrons. The van der Waals surface area contributed by atoms with E-state index in [2.05, 4.69) is 19.2 Å². The van der Waals surface area contributed by atoms with Crippen molar-refractivity contribution in [1.82, 2.24) is 5.32 Å². The normalized spacial score (nSPS) is 28.7. The summed E-state index contributed by atoms with van der Waals surface area (Å²) < 4.78 is 0. The van der Waals surface area contributed by atoms with Gasteiger partial charge in [-0.25, -0.2) is 0 Å².